The molecule has 0 aliphatic rings. The van der Waals surface area contributed by atoms with Gasteiger partial charge in [0.15, 0.2) is 0 Å². The average Bonchev–Trinajstić information content (AvgIpc) is 2.64. The van der Waals surface area contributed by atoms with Crippen LogP contribution < -0.4 is 5.73 Å². The van der Waals surface area contributed by atoms with E-state index in [9.17, 15) is 13.2 Å². The van der Waals surface area contributed by atoms with Gasteiger partial charge in [-0.25, -0.2) is 0 Å². The SMILES string of the molecule is Nc1noc(-c2cncc(C(F)(F)F)c2)n1. The molecule has 0 bridgehead atoms. The van der Waals surface area contributed by atoms with Gasteiger partial charge in [0.25, 0.3) is 11.8 Å². The number of hydrogen-bond acceptors (Lipinski definition) is 5. The number of rotatable bonds is 1. The van der Waals surface area contributed by atoms with Crippen LogP contribution in [0.15, 0.2) is 23.0 Å². The molecule has 0 unspecified atom stereocenters. The second kappa shape index (κ2) is 3.47. The Balaban J connectivity index is 2.44. The molecule has 0 spiro atoms. The van der Waals surface area contributed by atoms with Gasteiger partial charge in [0.1, 0.15) is 0 Å². The number of halogens is 3. The summed E-state index contributed by atoms with van der Waals surface area (Å²) in [5.74, 6) is -0.247. The summed E-state index contributed by atoms with van der Waals surface area (Å²) in [5, 5.41) is 3.27. The summed E-state index contributed by atoms with van der Waals surface area (Å²) in [7, 11) is 0. The van der Waals surface area contributed by atoms with E-state index in [2.05, 4.69) is 19.6 Å². The largest absolute Gasteiger partial charge is 0.417 e. The number of alkyl halides is 3. The number of nitrogens with two attached hydrogens (primary N) is 1. The molecule has 84 valence electrons. The van der Waals surface area contributed by atoms with Gasteiger partial charge in [-0.05, 0) is 11.2 Å². The molecular weight excluding hydrogens is 225 g/mol. The molecule has 0 aliphatic carbocycles. The van der Waals surface area contributed by atoms with Crippen LogP contribution in [0.2, 0.25) is 0 Å². The normalized spacial score (nSPS) is 11.7. The summed E-state index contributed by atoms with van der Waals surface area (Å²) >= 11 is 0. The Hall–Kier alpha value is -2.12. The van der Waals surface area contributed by atoms with E-state index in [0.717, 1.165) is 6.07 Å². The van der Waals surface area contributed by atoms with Gasteiger partial charge in [-0.15, -0.1) is 0 Å². The van der Waals surface area contributed by atoms with E-state index >= 15 is 0 Å². The number of anilines is 1. The highest BCUT2D eigenvalue weighted by Crippen LogP contribution is 2.30. The third kappa shape index (κ3) is 1.95. The summed E-state index contributed by atoms with van der Waals surface area (Å²) in [5.41, 5.74) is 4.36. The smallest absolute Gasteiger partial charge is 0.365 e. The first-order chi connectivity index (χ1) is 7.47. The van der Waals surface area contributed by atoms with Crippen LogP contribution >= 0.6 is 0 Å². The molecule has 16 heavy (non-hydrogen) atoms. The number of hydrogen-bond donors (Lipinski definition) is 1. The van der Waals surface area contributed by atoms with Gasteiger partial charge in [0, 0.05) is 12.4 Å². The van der Waals surface area contributed by atoms with Crippen LogP contribution in [0.4, 0.5) is 19.1 Å². The molecule has 0 saturated carbocycles. The third-order valence-corrected chi connectivity index (χ3v) is 1.75. The Kier molecular flexibility index (Phi) is 2.26. The summed E-state index contributed by atoms with van der Waals surface area (Å²) in [6, 6.07) is 0.861. The molecular formula is C8H5F3N4O. The second-order valence-electron chi connectivity index (χ2n) is 2.92. The zero-order valence-electron chi connectivity index (χ0n) is 7.69. The lowest BCUT2D eigenvalue weighted by Gasteiger charge is -2.05. The molecule has 0 atom stereocenters. The summed E-state index contributed by atoms with van der Waals surface area (Å²) in [6.07, 6.45) is -2.57. The van der Waals surface area contributed by atoms with Crippen molar-refractivity contribution in [2.24, 2.45) is 0 Å². The molecule has 0 radical (unpaired) electrons. The van der Waals surface area contributed by atoms with Crippen molar-refractivity contribution in [3.05, 3.63) is 24.0 Å². The van der Waals surface area contributed by atoms with Crippen LogP contribution in [-0.4, -0.2) is 15.1 Å². The Bertz CT molecular complexity index is 508. The van der Waals surface area contributed by atoms with Crippen LogP contribution in [-0.2, 0) is 6.18 Å². The summed E-state index contributed by atoms with van der Waals surface area (Å²) in [4.78, 5) is 7.04. The van der Waals surface area contributed by atoms with E-state index in [0.29, 0.717) is 6.20 Å². The van der Waals surface area contributed by atoms with Gasteiger partial charge in [-0.2, -0.15) is 18.2 Å². The molecule has 2 rings (SSSR count). The molecule has 0 aliphatic heterocycles. The molecule has 0 amide bonds. The van der Waals surface area contributed by atoms with E-state index in [1.807, 2.05) is 0 Å². The van der Waals surface area contributed by atoms with E-state index in [1.54, 1.807) is 0 Å². The predicted octanol–water partition coefficient (Wildman–Crippen LogP) is 1.73. The van der Waals surface area contributed by atoms with Gasteiger partial charge >= 0.3 is 6.18 Å². The highest BCUT2D eigenvalue weighted by Gasteiger charge is 2.31. The molecule has 0 aromatic carbocycles. The summed E-state index contributed by atoms with van der Waals surface area (Å²) < 4.78 is 41.7. The molecule has 2 aromatic rings. The minimum Gasteiger partial charge on any atom is -0.365 e. The minimum absolute atomic E-state index is 0.0685. The Morgan fingerprint density at radius 3 is 2.56 bits per heavy atom. The highest BCUT2D eigenvalue weighted by atomic mass is 19.4. The molecule has 0 fully saturated rings. The molecule has 2 heterocycles. The Morgan fingerprint density at radius 2 is 2.00 bits per heavy atom. The average molecular weight is 230 g/mol. The zero-order chi connectivity index (χ0) is 11.8. The number of aromatic nitrogens is 3. The maximum absolute atomic E-state index is 12.4. The lowest BCUT2D eigenvalue weighted by molar-refractivity contribution is -0.137. The standard InChI is InChI=1S/C8H5F3N4O/c9-8(10,11)5-1-4(2-13-3-5)6-14-7(12)15-16-6/h1-3H,(H2,12,15). The van der Waals surface area contributed by atoms with Gasteiger partial charge in [-0.1, -0.05) is 0 Å². The lowest BCUT2D eigenvalue weighted by atomic mass is 10.2. The van der Waals surface area contributed by atoms with Crippen molar-refractivity contribution >= 4 is 5.95 Å². The zero-order valence-corrected chi connectivity index (χ0v) is 7.69. The molecule has 5 nitrogen and oxygen atoms in total. The highest BCUT2D eigenvalue weighted by molar-refractivity contribution is 5.53. The maximum Gasteiger partial charge on any atom is 0.417 e. The van der Waals surface area contributed by atoms with E-state index in [-0.39, 0.29) is 17.4 Å². The maximum atomic E-state index is 12.4. The van der Waals surface area contributed by atoms with Gasteiger partial charge < -0.3 is 10.3 Å². The van der Waals surface area contributed by atoms with Crippen LogP contribution in [0.5, 0.6) is 0 Å². The molecule has 2 aromatic heterocycles. The van der Waals surface area contributed by atoms with Gasteiger partial charge in [-0.3, -0.25) is 4.98 Å². The summed E-state index contributed by atoms with van der Waals surface area (Å²) in [6.45, 7) is 0. The van der Waals surface area contributed by atoms with Crippen LogP contribution in [0.3, 0.4) is 0 Å². The fraction of sp³-hybridized carbons (Fsp3) is 0.125. The van der Waals surface area contributed by atoms with Crippen LogP contribution in [0.1, 0.15) is 5.56 Å². The molecule has 0 saturated heterocycles. The molecule has 8 heteroatoms. The van der Waals surface area contributed by atoms with Crippen LogP contribution in [0.25, 0.3) is 11.5 Å². The number of nitrogen functional groups attached to an aromatic ring is 1. The first-order valence-electron chi connectivity index (χ1n) is 4.08. The quantitative estimate of drug-likeness (QED) is 0.807. The first kappa shape index (κ1) is 10.4. The Labute approximate surface area is 87.1 Å². The van der Waals surface area contributed by atoms with E-state index < -0.39 is 11.7 Å². The van der Waals surface area contributed by atoms with E-state index in [1.165, 1.54) is 6.20 Å². The van der Waals surface area contributed by atoms with Crippen molar-refractivity contribution in [2.75, 3.05) is 5.73 Å². The van der Waals surface area contributed by atoms with Crippen molar-refractivity contribution in [2.45, 2.75) is 6.18 Å². The Morgan fingerprint density at radius 1 is 1.25 bits per heavy atom. The fourth-order valence-corrected chi connectivity index (χ4v) is 1.06. The van der Waals surface area contributed by atoms with Crippen molar-refractivity contribution in [1.82, 2.24) is 15.1 Å². The molecule has 2 N–H and O–H groups in total. The predicted molar refractivity (Wildman–Crippen MR) is 46.9 cm³/mol. The van der Waals surface area contributed by atoms with Gasteiger partial charge in [0.2, 0.25) is 0 Å². The van der Waals surface area contributed by atoms with Crippen molar-refractivity contribution in [1.29, 1.82) is 0 Å². The number of pyridine rings is 1. The van der Waals surface area contributed by atoms with Crippen molar-refractivity contribution in [3.8, 4) is 11.5 Å². The lowest BCUT2D eigenvalue weighted by Crippen LogP contribution is -2.05. The topological polar surface area (TPSA) is 77.8 Å². The first-order valence-corrected chi connectivity index (χ1v) is 4.08. The van der Waals surface area contributed by atoms with Crippen LogP contribution in [0, 0.1) is 0 Å². The second-order valence-corrected chi connectivity index (χ2v) is 2.92. The van der Waals surface area contributed by atoms with Gasteiger partial charge in [0.05, 0.1) is 11.1 Å². The minimum atomic E-state index is -4.46. The number of nitrogens with zero attached hydrogens (tertiary/aromatic N) is 3. The van der Waals surface area contributed by atoms with E-state index in [4.69, 9.17) is 5.73 Å². The monoisotopic (exact) mass is 230 g/mol. The van der Waals surface area contributed by atoms with Crippen molar-refractivity contribution < 1.29 is 17.7 Å². The third-order valence-electron chi connectivity index (χ3n) is 1.75. The van der Waals surface area contributed by atoms with Crippen molar-refractivity contribution in [3.63, 3.8) is 0 Å². The fourth-order valence-electron chi connectivity index (χ4n) is 1.06.